The summed E-state index contributed by atoms with van der Waals surface area (Å²) in [5.41, 5.74) is -0.143. The van der Waals surface area contributed by atoms with E-state index in [9.17, 15) is 18.0 Å². The zero-order chi connectivity index (χ0) is 23.3. The summed E-state index contributed by atoms with van der Waals surface area (Å²) in [6.07, 6.45) is 0. The molecule has 2 atom stereocenters. The molecule has 172 valence electrons. The van der Waals surface area contributed by atoms with Gasteiger partial charge in [0.25, 0.3) is 0 Å². The van der Waals surface area contributed by atoms with Gasteiger partial charge in [0.15, 0.2) is 15.1 Å². The van der Waals surface area contributed by atoms with Crippen molar-refractivity contribution >= 4 is 55.0 Å². The zero-order valence-corrected chi connectivity index (χ0v) is 20.5. The molecule has 2 aromatic rings. The van der Waals surface area contributed by atoms with E-state index in [0.29, 0.717) is 17.2 Å². The van der Waals surface area contributed by atoms with Crippen LogP contribution in [0.1, 0.15) is 0 Å². The highest BCUT2D eigenvalue weighted by Gasteiger charge is 2.38. The standard InChI is InChI=1S/C20H22BrN3O6S2/c1-29-13-5-8-16(30-2)15(9-13)23-18(25)11-31-20-22-10-17(19(26)24-20)32(27,28)14-6-3-12(21)4-7-14/h3-9,17,20,22H,10-11H2,1-2H3,(H,23,25)(H,24,26). The average molecular weight is 544 g/mol. The zero-order valence-electron chi connectivity index (χ0n) is 17.3. The number of rotatable bonds is 8. The van der Waals surface area contributed by atoms with Gasteiger partial charge < -0.3 is 20.1 Å². The van der Waals surface area contributed by atoms with Crippen LogP contribution < -0.4 is 25.4 Å². The van der Waals surface area contributed by atoms with Gasteiger partial charge in [-0.2, -0.15) is 0 Å². The van der Waals surface area contributed by atoms with Crippen molar-refractivity contribution in [3.63, 3.8) is 0 Å². The van der Waals surface area contributed by atoms with Crippen molar-refractivity contribution in [2.45, 2.75) is 15.6 Å². The molecule has 1 aliphatic heterocycles. The summed E-state index contributed by atoms with van der Waals surface area (Å²) in [5, 5.41) is 7.07. The molecule has 0 saturated carbocycles. The first-order chi connectivity index (χ1) is 15.2. The van der Waals surface area contributed by atoms with Crippen LogP contribution in [0.15, 0.2) is 51.8 Å². The predicted molar refractivity (Wildman–Crippen MR) is 126 cm³/mol. The number of sulfone groups is 1. The number of ether oxygens (including phenoxy) is 2. The monoisotopic (exact) mass is 543 g/mol. The maximum atomic E-state index is 12.8. The Kier molecular flexibility index (Phi) is 8.04. The maximum Gasteiger partial charge on any atom is 0.241 e. The van der Waals surface area contributed by atoms with Gasteiger partial charge in [-0.1, -0.05) is 15.9 Å². The fourth-order valence-electron chi connectivity index (χ4n) is 2.98. The van der Waals surface area contributed by atoms with Crippen molar-refractivity contribution in [2.24, 2.45) is 0 Å². The van der Waals surface area contributed by atoms with Gasteiger partial charge in [0.05, 0.1) is 30.6 Å². The third-order valence-electron chi connectivity index (χ3n) is 4.63. The number of hydrogen-bond donors (Lipinski definition) is 3. The van der Waals surface area contributed by atoms with Gasteiger partial charge in [-0.3, -0.25) is 14.9 Å². The van der Waals surface area contributed by atoms with Crippen molar-refractivity contribution in [1.82, 2.24) is 10.6 Å². The fourth-order valence-corrected chi connectivity index (χ4v) is 5.55. The molecule has 0 radical (unpaired) electrons. The van der Waals surface area contributed by atoms with Crippen molar-refractivity contribution in [3.05, 3.63) is 46.9 Å². The first-order valence-electron chi connectivity index (χ1n) is 9.41. The molecule has 1 aliphatic rings. The fraction of sp³-hybridized carbons (Fsp3) is 0.300. The molecule has 9 nitrogen and oxygen atoms in total. The molecule has 12 heteroatoms. The minimum atomic E-state index is -3.85. The molecule has 1 saturated heterocycles. The lowest BCUT2D eigenvalue weighted by molar-refractivity contribution is -0.122. The highest BCUT2D eigenvalue weighted by atomic mass is 79.9. The van der Waals surface area contributed by atoms with Crippen LogP contribution in [-0.2, 0) is 19.4 Å². The second kappa shape index (κ2) is 10.6. The normalized spacial score (nSPS) is 18.5. The van der Waals surface area contributed by atoms with E-state index in [1.54, 1.807) is 30.3 Å². The SMILES string of the molecule is COc1ccc(OC)c(NC(=O)CSC2NCC(S(=O)(=O)c3ccc(Br)cc3)C(=O)N2)c1. The van der Waals surface area contributed by atoms with Crippen LogP contribution in [0.5, 0.6) is 11.5 Å². The summed E-state index contributed by atoms with van der Waals surface area (Å²) in [4.78, 5) is 24.9. The molecule has 0 spiro atoms. The minimum absolute atomic E-state index is 0.0163. The number of halogens is 1. The van der Waals surface area contributed by atoms with E-state index >= 15 is 0 Å². The number of nitrogens with one attached hydrogen (secondary N) is 3. The van der Waals surface area contributed by atoms with E-state index in [1.807, 2.05) is 0 Å². The molecule has 2 aromatic carbocycles. The van der Waals surface area contributed by atoms with Gasteiger partial charge in [-0.15, -0.1) is 11.8 Å². The van der Waals surface area contributed by atoms with Crippen LogP contribution in [-0.4, -0.2) is 57.5 Å². The number of amides is 2. The molecule has 0 aliphatic carbocycles. The maximum absolute atomic E-state index is 12.8. The second-order valence-corrected chi connectivity index (χ2v) is 10.8. The van der Waals surface area contributed by atoms with Crippen molar-refractivity contribution < 1.29 is 27.5 Å². The molecule has 2 unspecified atom stereocenters. The largest absolute Gasteiger partial charge is 0.497 e. The molecule has 1 fully saturated rings. The van der Waals surface area contributed by atoms with Crippen LogP contribution in [0.4, 0.5) is 5.69 Å². The number of benzene rings is 2. The number of hydrogen-bond acceptors (Lipinski definition) is 8. The summed E-state index contributed by atoms with van der Waals surface area (Å²) < 4.78 is 36.7. The smallest absolute Gasteiger partial charge is 0.241 e. The number of carbonyl (C=O) groups excluding carboxylic acids is 2. The van der Waals surface area contributed by atoms with Crippen LogP contribution in [0.2, 0.25) is 0 Å². The molecule has 32 heavy (non-hydrogen) atoms. The van der Waals surface area contributed by atoms with E-state index in [0.717, 1.165) is 16.2 Å². The molecule has 3 rings (SSSR count). The van der Waals surface area contributed by atoms with E-state index in [-0.39, 0.29) is 23.1 Å². The predicted octanol–water partition coefficient (Wildman–Crippen LogP) is 1.98. The van der Waals surface area contributed by atoms with Crippen molar-refractivity contribution in [2.75, 3.05) is 31.8 Å². The lowest BCUT2D eigenvalue weighted by Crippen LogP contribution is -2.59. The molecule has 0 aromatic heterocycles. The van der Waals surface area contributed by atoms with Crippen LogP contribution in [0.25, 0.3) is 0 Å². The Bertz CT molecular complexity index is 1100. The Hall–Kier alpha value is -2.28. The van der Waals surface area contributed by atoms with Crippen LogP contribution in [0, 0.1) is 0 Å². The van der Waals surface area contributed by atoms with Gasteiger partial charge in [-0.05, 0) is 36.4 Å². The van der Waals surface area contributed by atoms with Crippen molar-refractivity contribution in [1.29, 1.82) is 0 Å². The Morgan fingerprint density at radius 1 is 1.19 bits per heavy atom. The number of carbonyl (C=O) groups is 2. The number of methoxy groups -OCH3 is 2. The van der Waals surface area contributed by atoms with E-state index in [4.69, 9.17) is 9.47 Å². The average Bonchev–Trinajstić information content (AvgIpc) is 2.77. The summed E-state index contributed by atoms with van der Waals surface area (Å²) in [6, 6.07) is 11.1. The molecular formula is C20H22BrN3O6S2. The summed E-state index contributed by atoms with van der Waals surface area (Å²) in [6.45, 7) is -0.0623. The highest BCUT2D eigenvalue weighted by molar-refractivity contribution is 9.10. The van der Waals surface area contributed by atoms with Gasteiger partial charge in [0, 0.05) is 17.1 Å². The Labute approximate surface area is 198 Å². The van der Waals surface area contributed by atoms with Crippen LogP contribution in [0.3, 0.4) is 0 Å². The summed E-state index contributed by atoms with van der Waals surface area (Å²) in [5.74, 6) is 0.131. The minimum Gasteiger partial charge on any atom is -0.497 e. The number of thioether (sulfide) groups is 1. The molecular weight excluding hydrogens is 522 g/mol. The summed E-state index contributed by atoms with van der Waals surface area (Å²) >= 11 is 4.39. The first kappa shape index (κ1) is 24.4. The Morgan fingerprint density at radius 3 is 2.53 bits per heavy atom. The summed E-state index contributed by atoms with van der Waals surface area (Å²) in [7, 11) is -0.836. The lowest BCUT2D eigenvalue weighted by Gasteiger charge is -2.29. The Balaban J connectivity index is 1.56. The molecule has 1 heterocycles. The van der Waals surface area contributed by atoms with Crippen LogP contribution >= 0.6 is 27.7 Å². The molecule has 2 amide bonds. The topological polar surface area (TPSA) is 123 Å². The van der Waals surface area contributed by atoms with E-state index < -0.39 is 26.5 Å². The van der Waals surface area contributed by atoms with Gasteiger partial charge >= 0.3 is 0 Å². The second-order valence-electron chi connectivity index (χ2n) is 6.71. The van der Waals surface area contributed by atoms with Gasteiger partial charge in [0.1, 0.15) is 17.0 Å². The number of anilines is 1. The first-order valence-corrected chi connectivity index (χ1v) is 12.8. The van der Waals surface area contributed by atoms with E-state index in [2.05, 4.69) is 31.9 Å². The van der Waals surface area contributed by atoms with Gasteiger partial charge in [-0.25, -0.2) is 8.42 Å². The lowest BCUT2D eigenvalue weighted by atomic mass is 10.2. The Morgan fingerprint density at radius 2 is 1.91 bits per heavy atom. The quantitative estimate of drug-likeness (QED) is 0.461. The third-order valence-corrected chi connectivity index (χ3v) is 8.27. The molecule has 0 bridgehead atoms. The highest BCUT2D eigenvalue weighted by Crippen LogP contribution is 2.29. The molecule has 3 N–H and O–H groups in total. The third kappa shape index (κ3) is 5.74. The van der Waals surface area contributed by atoms with E-state index in [1.165, 1.54) is 26.4 Å². The van der Waals surface area contributed by atoms with Gasteiger partial charge in [0.2, 0.25) is 11.8 Å². The van der Waals surface area contributed by atoms with Crippen molar-refractivity contribution in [3.8, 4) is 11.5 Å².